The summed E-state index contributed by atoms with van der Waals surface area (Å²) in [7, 11) is 0. The second-order valence-electron chi connectivity index (χ2n) is 4.47. The summed E-state index contributed by atoms with van der Waals surface area (Å²) in [5.41, 5.74) is 3.40. The van der Waals surface area contributed by atoms with E-state index in [0.29, 0.717) is 5.11 Å². The maximum atomic E-state index is 5.30. The number of hydrogen-bond acceptors (Lipinski definition) is 2. The lowest BCUT2D eigenvalue weighted by Crippen LogP contribution is -2.30. The van der Waals surface area contributed by atoms with Crippen LogP contribution in [0.5, 0.6) is 0 Å². The van der Waals surface area contributed by atoms with E-state index in [1.807, 2.05) is 12.1 Å². The van der Waals surface area contributed by atoms with Crippen LogP contribution >= 0.6 is 12.2 Å². The summed E-state index contributed by atoms with van der Waals surface area (Å²) >= 11 is 5.30. The quantitative estimate of drug-likeness (QED) is 0.839. The van der Waals surface area contributed by atoms with Gasteiger partial charge in [0.1, 0.15) is 0 Å². The molecular weight excluding hydrogens is 254 g/mol. The van der Waals surface area contributed by atoms with Gasteiger partial charge in [-0.1, -0.05) is 29.8 Å². The number of thiocarbonyl (C=S) groups is 1. The molecular formula is C15H17N3S. The fraction of sp³-hybridized carbons (Fsp3) is 0.200. The summed E-state index contributed by atoms with van der Waals surface area (Å²) in [5, 5.41) is 7.01. The third kappa shape index (κ3) is 4.03. The smallest absolute Gasteiger partial charge is 0.171 e. The first-order chi connectivity index (χ1) is 9.15. The van der Waals surface area contributed by atoms with Crippen LogP contribution in [0.1, 0.15) is 24.1 Å². The lowest BCUT2D eigenvalue weighted by molar-refractivity contribution is 0.722. The molecule has 1 heterocycles. The molecule has 0 bridgehead atoms. The summed E-state index contributed by atoms with van der Waals surface area (Å²) in [5.74, 6) is 0. The normalized spacial score (nSPS) is 11.7. The molecule has 4 heteroatoms. The Labute approximate surface area is 119 Å². The molecule has 3 nitrogen and oxygen atoms in total. The maximum Gasteiger partial charge on any atom is 0.171 e. The van der Waals surface area contributed by atoms with Crippen LogP contribution in [0.15, 0.2) is 48.8 Å². The Morgan fingerprint density at radius 2 is 1.74 bits per heavy atom. The minimum atomic E-state index is 0.169. The van der Waals surface area contributed by atoms with E-state index in [0.717, 1.165) is 5.69 Å². The minimum absolute atomic E-state index is 0.169. The van der Waals surface area contributed by atoms with Crippen LogP contribution in [0.2, 0.25) is 0 Å². The zero-order valence-electron chi connectivity index (χ0n) is 11.1. The van der Waals surface area contributed by atoms with Gasteiger partial charge in [-0.2, -0.15) is 0 Å². The van der Waals surface area contributed by atoms with Crippen LogP contribution < -0.4 is 10.6 Å². The van der Waals surface area contributed by atoms with Crippen molar-refractivity contribution in [2.75, 3.05) is 5.32 Å². The lowest BCUT2D eigenvalue weighted by atomic mass is 10.1. The van der Waals surface area contributed by atoms with Gasteiger partial charge in [-0.3, -0.25) is 4.98 Å². The maximum absolute atomic E-state index is 5.30. The molecule has 0 saturated carbocycles. The summed E-state index contributed by atoms with van der Waals surface area (Å²) in [4.78, 5) is 3.97. The third-order valence-corrected chi connectivity index (χ3v) is 3.08. The van der Waals surface area contributed by atoms with E-state index in [1.165, 1.54) is 11.1 Å². The molecule has 0 amide bonds. The van der Waals surface area contributed by atoms with E-state index in [-0.39, 0.29) is 6.04 Å². The van der Waals surface area contributed by atoms with Crippen molar-refractivity contribution in [3.63, 3.8) is 0 Å². The summed E-state index contributed by atoms with van der Waals surface area (Å²) in [6.07, 6.45) is 3.46. The summed E-state index contributed by atoms with van der Waals surface area (Å²) in [6.45, 7) is 4.17. The van der Waals surface area contributed by atoms with Crippen molar-refractivity contribution in [3.8, 4) is 0 Å². The monoisotopic (exact) mass is 271 g/mol. The van der Waals surface area contributed by atoms with Crippen molar-refractivity contribution in [1.82, 2.24) is 10.3 Å². The van der Waals surface area contributed by atoms with Gasteiger partial charge in [-0.25, -0.2) is 0 Å². The molecule has 0 fully saturated rings. The molecule has 0 unspecified atom stereocenters. The Balaban J connectivity index is 1.93. The second kappa shape index (κ2) is 6.29. The number of rotatable bonds is 3. The molecule has 98 valence electrons. The molecule has 0 saturated heterocycles. The van der Waals surface area contributed by atoms with Crippen LogP contribution in [0, 0.1) is 6.92 Å². The van der Waals surface area contributed by atoms with E-state index in [1.54, 1.807) is 12.4 Å². The van der Waals surface area contributed by atoms with Crippen molar-refractivity contribution >= 4 is 23.0 Å². The zero-order chi connectivity index (χ0) is 13.7. The third-order valence-electron chi connectivity index (χ3n) is 2.86. The lowest BCUT2D eigenvalue weighted by Gasteiger charge is -2.17. The molecule has 0 spiro atoms. The average molecular weight is 271 g/mol. The first-order valence-corrected chi connectivity index (χ1v) is 6.60. The highest BCUT2D eigenvalue weighted by molar-refractivity contribution is 7.80. The van der Waals surface area contributed by atoms with Crippen LogP contribution in [0.25, 0.3) is 0 Å². The van der Waals surface area contributed by atoms with Gasteiger partial charge in [0.25, 0.3) is 0 Å². The van der Waals surface area contributed by atoms with Crippen molar-refractivity contribution in [2.45, 2.75) is 19.9 Å². The number of pyridine rings is 1. The molecule has 0 aliphatic rings. The Morgan fingerprint density at radius 1 is 1.11 bits per heavy atom. The first kappa shape index (κ1) is 13.5. The number of benzene rings is 1. The fourth-order valence-electron chi connectivity index (χ4n) is 1.74. The van der Waals surface area contributed by atoms with E-state index in [4.69, 9.17) is 12.2 Å². The molecule has 19 heavy (non-hydrogen) atoms. The Bertz CT molecular complexity index is 537. The van der Waals surface area contributed by atoms with Crippen LogP contribution in [0.3, 0.4) is 0 Å². The largest absolute Gasteiger partial charge is 0.356 e. The molecule has 1 aromatic heterocycles. The van der Waals surface area contributed by atoms with Crippen molar-refractivity contribution in [3.05, 3.63) is 59.9 Å². The predicted molar refractivity (Wildman–Crippen MR) is 83.2 cm³/mol. The van der Waals surface area contributed by atoms with E-state index in [9.17, 15) is 0 Å². The van der Waals surface area contributed by atoms with Gasteiger partial charge < -0.3 is 10.6 Å². The number of nitrogens with zero attached hydrogens (tertiary/aromatic N) is 1. The van der Waals surface area contributed by atoms with Gasteiger partial charge in [-0.05, 0) is 43.8 Å². The first-order valence-electron chi connectivity index (χ1n) is 6.19. The highest BCUT2D eigenvalue weighted by atomic mass is 32.1. The molecule has 1 aromatic carbocycles. The molecule has 0 aliphatic carbocycles. The zero-order valence-corrected chi connectivity index (χ0v) is 11.9. The topological polar surface area (TPSA) is 37.0 Å². The standard InChI is InChI=1S/C15H17N3S/c1-11-3-5-13(6-4-11)12(2)17-15(19)18-14-7-9-16-10-8-14/h3-10,12H,1-2H3,(H2,16,17,18,19)/t12-/m1/s1. The van der Waals surface area contributed by atoms with E-state index >= 15 is 0 Å². The van der Waals surface area contributed by atoms with Gasteiger partial charge in [0.05, 0.1) is 6.04 Å². The van der Waals surface area contributed by atoms with Gasteiger partial charge in [-0.15, -0.1) is 0 Å². The number of nitrogens with one attached hydrogen (secondary N) is 2. The highest BCUT2D eigenvalue weighted by Gasteiger charge is 2.06. The summed E-state index contributed by atoms with van der Waals surface area (Å²) < 4.78 is 0. The number of aryl methyl sites for hydroxylation is 1. The summed E-state index contributed by atoms with van der Waals surface area (Å²) in [6, 6.07) is 12.4. The number of anilines is 1. The van der Waals surface area contributed by atoms with Gasteiger partial charge in [0, 0.05) is 18.1 Å². The minimum Gasteiger partial charge on any atom is -0.356 e. The van der Waals surface area contributed by atoms with Crippen molar-refractivity contribution < 1.29 is 0 Å². The van der Waals surface area contributed by atoms with Gasteiger partial charge >= 0.3 is 0 Å². The highest BCUT2D eigenvalue weighted by Crippen LogP contribution is 2.13. The molecule has 0 radical (unpaired) electrons. The fourth-order valence-corrected chi connectivity index (χ4v) is 2.03. The van der Waals surface area contributed by atoms with E-state index in [2.05, 4.69) is 53.7 Å². The molecule has 2 rings (SSSR count). The molecule has 0 aliphatic heterocycles. The van der Waals surface area contributed by atoms with Crippen LogP contribution in [-0.4, -0.2) is 10.1 Å². The Morgan fingerprint density at radius 3 is 2.37 bits per heavy atom. The Hall–Kier alpha value is -1.94. The number of hydrogen-bond donors (Lipinski definition) is 2. The second-order valence-corrected chi connectivity index (χ2v) is 4.87. The van der Waals surface area contributed by atoms with Crippen LogP contribution in [-0.2, 0) is 0 Å². The van der Waals surface area contributed by atoms with Crippen LogP contribution in [0.4, 0.5) is 5.69 Å². The van der Waals surface area contributed by atoms with Crippen molar-refractivity contribution in [1.29, 1.82) is 0 Å². The molecule has 1 atom stereocenters. The Kier molecular flexibility index (Phi) is 4.47. The van der Waals surface area contributed by atoms with Gasteiger partial charge in [0.2, 0.25) is 0 Å². The predicted octanol–water partition coefficient (Wildman–Crippen LogP) is 3.44. The average Bonchev–Trinajstić information content (AvgIpc) is 2.40. The molecule has 2 aromatic rings. The number of aromatic nitrogens is 1. The molecule has 2 N–H and O–H groups in total. The van der Waals surface area contributed by atoms with E-state index < -0.39 is 0 Å². The van der Waals surface area contributed by atoms with Gasteiger partial charge in [0.15, 0.2) is 5.11 Å². The SMILES string of the molecule is Cc1ccc([C@@H](C)NC(=S)Nc2ccncc2)cc1. The van der Waals surface area contributed by atoms with Crippen molar-refractivity contribution in [2.24, 2.45) is 0 Å².